The molecule has 0 spiro atoms. The number of hydrogen-bond donors (Lipinski definition) is 1. The summed E-state index contributed by atoms with van der Waals surface area (Å²) in [5, 5.41) is 6.50. The topological polar surface area (TPSA) is 59.2 Å². The minimum atomic E-state index is 0.431. The summed E-state index contributed by atoms with van der Waals surface area (Å²) in [7, 11) is 0. The first-order valence-corrected chi connectivity index (χ1v) is 8.15. The van der Waals surface area contributed by atoms with E-state index in [1.807, 2.05) is 10.9 Å². The molecule has 0 bridgehead atoms. The van der Waals surface area contributed by atoms with E-state index in [-0.39, 0.29) is 0 Å². The van der Waals surface area contributed by atoms with Gasteiger partial charge in [0.15, 0.2) is 0 Å². The number of rotatable bonds is 4. The van der Waals surface area contributed by atoms with Gasteiger partial charge >= 0.3 is 5.69 Å². The number of anilines is 1. The lowest BCUT2D eigenvalue weighted by atomic mass is 10.00. The third-order valence-corrected chi connectivity index (χ3v) is 4.60. The maximum Gasteiger partial charge on any atom is 0.308 e. The zero-order valence-corrected chi connectivity index (χ0v) is 13.4. The maximum atomic E-state index is 6.03. The second kappa shape index (κ2) is 6.38. The molecule has 1 fully saturated rings. The summed E-state index contributed by atoms with van der Waals surface area (Å²) < 4.78 is 5.28. The van der Waals surface area contributed by atoms with Gasteiger partial charge in [0.05, 0.1) is 16.9 Å². The van der Waals surface area contributed by atoms with Gasteiger partial charge in [0, 0.05) is 6.42 Å². The lowest BCUT2D eigenvalue weighted by Gasteiger charge is -2.32. The van der Waals surface area contributed by atoms with Crippen LogP contribution in [0.4, 0.5) is 5.88 Å². The van der Waals surface area contributed by atoms with Crippen molar-refractivity contribution < 1.29 is 9.31 Å². The minimum absolute atomic E-state index is 0.431. The van der Waals surface area contributed by atoms with E-state index in [0.29, 0.717) is 18.0 Å². The molecule has 118 valence electrons. The van der Waals surface area contributed by atoms with Crippen molar-refractivity contribution in [3.63, 3.8) is 0 Å². The molecule has 0 radical (unpaired) electrons. The van der Waals surface area contributed by atoms with Gasteiger partial charge < -0.3 is 5.73 Å². The fourth-order valence-electron chi connectivity index (χ4n) is 3.38. The second-order valence-corrected chi connectivity index (χ2v) is 6.27. The number of aryl methyl sites for hydroxylation is 1. The molecule has 1 aliphatic rings. The number of nitrogens with two attached hydrogens (primary N) is 1. The highest BCUT2D eigenvalue weighted by Crippen LogP contribution is 2.20. The third-order valence-electron chi connectivity index (χ3n) is 4.60. The van der Waals surface area contributed by atoms with Crippen molar-refractivity contribution >= 4 is 5.88 Å². The smallest absolute Gasteiger partial charge is 0.308 e. The Balaban J connectivity index is 1.81. The Hall–Kier alpha value is -2.04. The van der Waals surface area contributed by atoms with Crippen molar-refractivity contribution in [2.24, 2.45) is 0 Å². The SMILES string of the molecule is CC1CCCC(C)N1[n+]1noc(N)c1CCc1ccccc1. The molecule has 1 aliphatic heterocycles. The predicted octanol–water partition coefficient (Wildman–Crippen LogP) is 2.23. The standard InChI is InChI=1S/C17H25N4O/c1-13-7-6-8-14(2)20(13)21-16(17(18)22-19-21)12-11-15-9-4-3-5-10-15/h3-5,9-10,13-14H,6-8,11-12,18H2,1-2H3/q+1. The number of aromatic nitrogens is 2. The van der Waals surface area contributed by atoms with Crippen molar-refractivity contribution in [2.75, 3.05) is 10.7 Å². The van der Waals surface area contributed by atoms with Crippen molar-refractivity contribution in [1.29, 1.82) is 0 Å². The predicted molar refractivity (Wildman–Crippen MR) is 86.0 cm³/mol. The van der Waals surface area contributed by atoms with Gasteiger partial charge in [0.25, 0.3) is 5.88 Å². The Bertz CT molecular complexity index is 600. The van der Waals surface area contributed by atoms with E-state index >= 15 is 0 Å². The summed E-state index contributed by atoms with van der Waals surface area (Å²) in [5.74, 6) is 0.431. The average Bonchev–Trinajstić information content (AvgIpc) is 2.87. The van der Waals surface area contributed by atoms with Gasteiger partial charge in [-0.1, -0.05) is 30.3 Å². The van der Waals surface area contributed by atoms with Crippen LogP contribution < -0.4 is 15.5 Å². The van der Waals surface area contributed by atoms with E-state index in [4.69, 9.17) is 10.3 Å². The summed E-state index contributed by atoms with van der Waals surface area (Å²) in [6.07, 6.45) is 5.40. The van der Waals surface area contributed by atoms with Crippen LogP contribution in [0, 0.1) is 0 Å². The molecule has 5 nitrogen and oxygen atoms in total. The molecular formula is C17H25N4O+. The van der Waals surface area contributed by atoms with Gasteiger partial charge in [-0.15, -0.1) is 5.01 Å². The fraction of sp³-hybridized carbons (Fsp3) is 0.529. The van der Waals surface area contributed by atoms with Crippen molar-refractivity contribution in [1.82, 2.24) is 5.27 Å². The molecule has 0 aliphatic carbocycles. The molecule has 0 saturated carbocycles. The van der Waals surface area contributed by atoms with E-state index < -0.39 is 0 Å². The first kappa shape index (κ1) is 14.9. The summed E-state index contributed by atoms with van der Waals surface area (Å²) in [5.41, 5.74) is 8.30. The molecular weight excluding hydrogens is 276 g/mol. The van der Waals surface area contributed by atoms with E-state index in [1.54, 1.807) is 0 Å². The van der Waals surface area contributed by atoms with Crippen LogP contribution in [0.3, 0.4) is 0 Å². The second-order valence-electron chi connectivity index (χ2n) is 6.27. The molecule has 1 aromatic heterocycles. The Morgan fingerprint density at radius 3 is 2.55 bits per heavy atom. The highest BCUT2D eigenvalue weighted by atomic mass is 16.5. The van der Waals surface area contributed by atoms with Gasteiger partial charge in [-0.2, -0.15) is 0 Å². The number of nitrogens with zero attached hydrogens (tertiary/aromatic N) is 3. The molecule has 2 heterocycles. The molecule has 2 N–H and O–H groups in total. The van der Waals surface area contributed by atoms with Crippen molar-refractivity contribution in [3.05, 3.63) is 41.6 Å². The first-order valence-electron chi connectivity index (χ1n) is 8.15. The Morgan fingerprint density at radius 1 is 1.18 bits per heavy atom. The zero-order valence-electron chi connectivity index (χ0n) is 13.4. The van der Waals surface area contributed by atoms with Crippen LogP contribution in [0.1, 0.15) is 44.4 Å². The molecule has 5 heteroatoms. The number of piperidine rings is 1. The quantitative estimate of drug-likeness (QED) is 0.880. The summed E-state index contributed by atoms with van der Waals surface area (Å²) in [6, 6.07) is 11.3. The number of benzene rings is 1. The molecule has 1 saturated heterocycles. The summed E-state index contributed by atoms with van der Waals surface area (Å²) in [4.78, 5) is 1.91. The molecule has 3 rings (SSSR count). The summed E-state index contributed by atoms with van der Waals surface area (Å²) >= 11 is 0. The number of nitrogen functional groups attached to an aromatic ring is 1. The highest BCUT2D eigenvalue weighted by molar-refractivity contribution is 5.27. The van der Waals surface area contributed by atoms with Crippen LogP contribution in [0.25, 0.3) is 0 Å². The molecule has 2 unspecified atom stereocenters. The van der Waals surface area contributed by atoms with Crippen molar-refractivity contribution in [3.8, 4) is 0 Å². The number of hydrogen-bond acceptors (Lipinski definition) is 4. The minimum Gasteiger partial charge on any atom is -0.362 e. The molecule has 22 heavy (non-hydrogen) atoms. The van der Waals surface area contributed by atoms with Gasteiger partial charge in [-0.05, 0) is 45.1 Å². The Morgan fingerprint density at radius 2 is 1.86 bits per heavy atom. The van der Waals surface area contributed by atoms with E-state index in [2.05, 4.69) is 48.4 Å². The lowest BCUT2D eigenvalue weighted by Crippen LogP contribution is -2.69. The van der Waals surface area contributed by atoms with Gasteiger partial charge in [0.1, 0.15) is 0 Å². The monoisotopic (exact) mass is 301 g/mol. The van der Waals surface area contributed by atoms with Crippen molar-refractivity contribution in [2.45, 2.75) is 58.0 Å². The maximum absolute atomic E-state index is 6.03. The normalized spacial score (nSPS) is 22.0. The van der Waals surface area contributed by atoms with Crippen LogP contribution in [-0.2, 0) is 12.8 Å². The van der Waals surface area contributed by atoms with Crippen LogP contribution in [-0.4, -0.2) is 17.4 Å². The third kappa shape index (κ3) is 2.93. The Kier molecular flexibility index (Phi) is 4.32. The largest absolute Gasteiger partial charge is 0.362 e. The zero-order chi connectivity index (χ0) is 15.5. The Labute approximate surface area is 131 Å². The van der Waals surface area contributed by atoms with Crippen LogP contribution in [0.15, 0.2) is 34.9 Å². The highest BCUT2D eigenvalue weighted by Gasteiger charge is 2.37. The van der Waals surface area contributed by atoms with Gasteiger partial charge in [0.2, 0.25) is 5.27 Å². The molecule has 2 atom stereocenters. The van der Waals surface area contributed by atoms with Crippen LogP contribution in [0.2, 0.25) is 0 Å². The first-order chi connectivity index (χ1) is 10.7. The van der Waals surface area contributed by atoms with Crippen LogP contribution >= 0.6 is 0 Å². The van der Waals surface area contributed by atoms with Crippen LogP contribution in [0.5, 0.6) is 0 Å². The fourth-order valence-corrected chi connectivity index (χ4v) is 3.38. The molecule has 0 amide bonds. The van der Waals surface area contributed by atoms with E-state index in [9.17, 15) is 0 Å². The lowest BCUT2D eigenvalue weighted by molar-refractivity contribution is -0.771. The average molecular weight is 301 g/mol. The van der Waals surface area contributed by atoms with E-state index in [0.717, 1.165) is 18.5 Å². The van der Waals surface area contributed by atoms with Gasteiger partial charge in [-0.25, -0.2) is 0 Å². The summed E-state index contributed by atoms with van der Waals surface area (Å²) in [6.45, 7) is 4.49. The van der Waals surface area contributed by atoms with Gasteiger partial charge in [-0.3, -0.25) is 4.52 Å². The molecule has 1 aromatic carbocycles. The molecule has 2 aromatic rings. The van der Waals surface area contributed by atoms with E-state index in [1.165, 1.54) is 24.8 Å².